The van der Waals surface area contributed by atoms with Gasteiger partial charge in [-0.1, -0.05) is 11.8 Å². The van der Waals surface area contributed by atoms with Crippen LogP contribution < -0.4 is 4.74 Å². The number of ether oxygens (including phenoxy) is 2. The Morgan fingerprint density at radius 2 is 2.20 bits per heavy atom. The summed E-state index contributed by atoms with van der Waals surface area (Å²) >= 11 is 1.63. The Labute approximate surface area is 123 Å². The Bertz CT molecular complexity index is 502. The third-order valence-electron chi connectivity index (χ3n) is 2.53. The van der Waals surface area contributed by atoms with E-state index in [1.165, 1.54) is 7.11 Å². The summed E-state index contributed by atoms with van der Waals surface area (Å²) in [7, 11) is 3.01. The third kappa shape index (κ3) is 5.55. The van der Waals surface area contributed by atoms with Crippen LogP contribution in [0.25, 0.3) is 0 Å². The van der Waals surface area contributed by atoms with Gasteiger partial charge in [0.05, 0.1) is 20.6 Å². The molecule has 0 amide bonds. The maximum absolute atomic E-state index is 11.0. The zero-order valence-corrected chi connectivity index (χ0v) is 12.5. The van der Waals surface area contributed by atoms with E-state index < -0.39 is 0 Å². The molecule has 0 saturated heterocycles. The van der Waals surface area contributed by atoms with Gasteiger partial charge in [0.1, 0.15) is 12.4 Å². The topological polar surface area (TPSA) is 55.8 Å². The van der Waals surface area contributed by atoms with Crippen molar-refractivity contribution in [3.8, 4) is 17.6 Å². The quantitative estimate of drug-likeness (QED) is 0.493. The highest BCUT2D eigenvalue weighted by Crippen LogP contribution is 2.24. The second kappa shape index (κ2) is 9.29. The van der Waals surface area contributed by atoms with Crippen molar-refractivity contribution < 1.29 is 19.4 Å². The molecule has 1 rings (SSSR count). The molecule has 108 valence electrons. The standard InChI is InChI=1S/C15H18O4S/c1-18-14-6-5-12(4-3-8-16)10-13(14)11-20-9-7-15(17)19-2/h5-6,10,16H,7-9,11H2,1-2H3. The Morgan fingerprint density at radius 1 is 1.40 bits per heavy atom. The van der Waals surface area contributed by atoms with Gasteiger partial charge in [0.2, 0.25) is 0 Å². The van der Waals surface area contributed by atoms with Crippen molar-refractivity contribution in [2.24, 2.45) is 0 Å². The second-order valence-electron chi connectivity index (χ2n) is 3.87. The number of carbonyl (C=O) groups excluding carboxylic acids is 1. The molecular formula is C15H18O4S. The average Bonchev–Trinajstić information content (AvgIpc) is 2.49. The summed E-state index contributed by atoms with van der Waals surface area (Å²) in [6.07, 6.45) is 0.396. The van der Waals surface area contributed by atoms with E-state index in [0.717, 1.165) is 22.6 Å². The first-order valence-electron chi connectivity index (χ1n) is 6.12. The fourth-order valence-electron chi connectivity index (χ4n) is 1.55. The Hall–Kier alpha value is -1.64. The van der Waals surface area contributed by atoms with Crippen molar-refractivity contribution in [2.45, 2.75) is 12.2 Å². The second-order valence-corrected chi connectivity index (χ2v) is 4.97. The van der Waals surface area contributed by atoms with Gasteiger partial charge in [-0.05, 0) is 18.2 Å². The van der Waals surface area contributed by atoms with Crippen LogP contribution in [0.1, 0.15) is 17.5 Å². The highest BCUT2D eigenvalue weighted by molar-refractivity contribution is 7.98. The zero-order chi connectivity index (χ0) is 14.8. The van der Waals surface area contributed by atoms with Crippen molar-refractivity contribution in [2.75, 3.05) is 26.6 Å². The number of carbonyl (C=O) groups is 1. The van der Waals surface area contributed by atoms with E-state index in [1.54, 1.807) is 18.9 Å². The molecule has 0 radical (unpaired) electrons. The van der Waals surface area contributed by atoms with Crippen molar-refractivity contribution in [3.63, 3.8) is 0 Å². The van der Waals surface area contributed by atoms with Crippen LogP contribution in [0.3, 0.4) is 0 Å². The molecule has 0 bridgehead atoms. The highest BCUT2D eigenvalue weighted by Gasteiger charge is 2.05. The van der Waals surface area contributed by atoms with Crippen LogP contribution in [-0.2, 0) is 15.3 Å². The van der Waals surface area contributed by atoms with Crippen LogP contribution in [-0.4, -0.2) is 37.7 Å². The van der Waals surface area contributed by atoms with Gasteiger partial charge >= 0.3 is 5.97 Å². The van der Waals surface area contributed by atoms with Crippen molar-refractivity contribution in [1.29, 1.82) is 0 Å². The van der Waals surface area contributed by atoms with Crippen LogP contribution in [0.5, 0.6) is 5.75 Å². The fourth-order valence-corrected chi connectivity index (χ4v) is 2.45. The lowest BCUT2D eigenvalue weighted by atomic mass is 10.1. The summed E-state index contributed by atoms with van der Waals surface area (Å²) in [5.41, 5.74) is 1.86. The average molecular weight is 294 g/mol. The smallest absolute Gasteiger partial charge is 0.306 e. The molecule has 0 aliphatic carbocycles. The molecule has 1 N–H and O–H groups in total. The van der Waals surface area contributed by atoms with Gasteiger partial charge in [-0.15, -0.1) is 0 Å². The molecule has 0 heterocycles. The molecule has 0 aromatic heterocycles. The van der Waals surface area contributed by atoms with E-state index in [-0.39, 0.29) is 12.6 Å². The van der Waals surface area contributed by atoms with Gasteiger partial charge in [-0.3, -0.25) is 4.79 Å². The van der Waals surface area contributed by atoms with Gasteiger partial charge < -0.3 is 14.6 Å². The molecule has 5 heteroatoms. The number of thioether (sulfide) groups is 1. The lowest BCUT2D eigenvalue weighted by Crippen LogP contribution is -2.01. The Balaban J connectivity index is 2.64. The molecule has 0 fully saturated rings. The van der Waals surface area contributed by atoms with Gasteiger partial charge in [0.25, 0.3) is 0 Å². The maximum atomic E-state index is 11.0. The van der Waals surface area contributed by atoms with Crippen LogP contribution in [0.2, 0.25) is 0 Å². The first kappa shape index (κ1) is 16.4. The molecule has 0 unspecified atom stereocenters. The predicted octanol–water partition coefficient (Wildman–Crippen LogP) is 1.84. The minimum atomic E-state index is -0.202. The van der Waals surface area contributed by atoms with E-state index in [4.69, 9.17) is 9.84 Å². The van der Waals surface area contributed by atoms with E-state index in [9.17, 15) is 4.79 Å². The van der Waals surface area contributed by atoms with Gasteiger partial charge in [-0.2, -0.15) is 11.8 Å². The lowest BCUT2D eigenvalue weighted by molar-refractivity contribution is -0.140. The van der Waals surface area contributed by atoms with Crippen LogP contribution >= 0.6 is 11.8 Å². The molecule has 1 aromatic rings. The first-order chi connectivity index (χ1) is 9.71. The largest absolute Gasteiger partial charge is 0.496 e. The third-order valence-corrected chi connectivity index (χ3v) is 3.54. The molecule has 0 saturated carbocycles. The van der Waals surface area contributed by atoms with Crippen LogP contribution in [0.15, 0.2) is 18.2 Å². The van der Waals surface area contributed by atoms with Crippen LogP contribution in [0, 0.1) is 11.8 Å². The molecule has 0 spiro atoms. The molecule has 0 aliphatic rings. The summed E-state index contributed by atoms with van der Waals surface area (Å²) in [5.74, 6) is 7.50. The van der Waals surface area contributed by atoms with Crippen molar-refractivity contribution in [3.05, 3.63) is 29.3 Å². The minimum absolute atomic E-state index is 0.157. The van der Waals surface area contributed by atoms with Gasteiger partial charge in [-0.25, -0.2) is 0 Å². The molecule has 4 nitrogen and oxygen atoms in total. The van der Waals surface area contributed by atoms with Crippen molar-refractivity contribution >= 4 is 17.7 Å². The summed E-state index contributed by atoms with van der Waals surface area (Å²) in [4.78, 5) is 11.0. The number of methoxy groups -OCH3 is 2. The van der Waals surface area contributed by atoms with E-state index >= 15 is 0 Å². The Morgan fingerprint density at radius 3 is 2.85 bits per heavy atom. The highest BCUT2D eigenvalue weighted by atomic mass is 32.2. The van der Waals surface area contributed by atoms with E-state index in [1.807, 2.05) is 18.2 Å². The normalized spacial score (nSPS) is 9.55. The van der Waals surface area contributed by atoms with Gasteiger partial charge in [0, 0.05) is 22.6 Å². The zero-order valence-electron chi connectivity index (χ0n) is 11.6. The summed E-state index contributed by atoms with van der Waals surface area (Å²) in [6, 6.07) is 5.65. The summed E-state index contributed by atoms with van der Waals surface area (Å²) in [5, 5.41) is 8.70. The molecule has 1 aromatic carbocycles. The number of hydrogen-bond acceptors (Lipinski definition) is 5. The Kier molecular flexibility index (Phi) is 7.63. The SMILES string of the molecule is COC(=O)CCSCc1cc(C#CCO)ccc1OC. The van der Waals surface area contributed by atoms with Crippen molar-refractivity contribution in [1.82, 2.24) is 0 Å². The maximum Gasteiger partial charge on any atom is 0.306 e. The van der Waals surface area contributed by atoms with Crippen LogP contribution in [0.4, 0.5) is 0 Å². The molecular weight excluding hydrogens is 276 g/mol. The predicted molar refractivity (Wildman–Crippen MR) is 79.8 cm³/mol. The number of esters is 1. The number of rotatable bonds is 6. The lowest BCUT2D eigenvalue weighted by Gasteiger charge is -2.08. The first-order valence-corrected chi connectivity index (χ1v) is 7.28. The number of aliphatic hydroxyl groups is 1. The molecule has 0 aliphatic heterocycles. The van der Waals surface area contributed by atoms with E-state index in [0.29, 0.717) is 12.2 Å². The number of hydrogen-bond donors (Lipinski definition) is 1. The summed E-state index contributed by atoms with van der Waals surface area (Å²) < 4.78 is 9.89. The minimum Gasteiger partial charge on any atom is -0.496 e. The monoisotopic (exact) mass is 294 g/mol. The fraction of sp³-hybridized carbons (Fsp3) is 0.400. The van der Waals surface area contributed by atoms with Gasteiger partial charge in [0.15, 0.2) is 0 Å². The molecule has 20 heavy (non-hydrogen) atoms. The number of aliphatic hydroxyl groups excluding tert-OH is 1. The summed E-state index contributed by atoms with van der Waals surface area (Å²) in [6.45, 7) is -0.157. The number of benzene rings is 1. The molecule has 0 atom stereocenters. The van der Waals surface area contributed by atoms with E-state index in [2.05, 4.69) is 16.6 Å².